The summed E-state index contributed by atoms with van der Waals surface area (Å²) in [6.45, 7) is 2.20. The molecule has 3 atom stereocenters. The lowest BCUT2D eigenvalue weighted by molar-refractivity contribution is -0.147. The maximum Gasteiger partial charge on any atom is 0.0672 e. The number of halogens is 1. The molecule has 0 aromatic heterocycles. The average molecular weight is 175 g/mol. The van der Waals surface area contributed by atoms with Crippen LogP contribution in [0.5, 0.6) is 0 Å². The predicted molar refractivity (Wildman–Crippen MR) is 46.0 cm³/mol. The summed E-state index contributed by atoms with van der Waals surface area (Å²) in [5.74, 6) is 0. The van der Waals surface area contributed by atoms with Gasteiger partial charge in [0.05, 0.1) is 11.7 Å². The lowest BCUT2D eigenvalue weighted by Crippen LogP contribution is -2.45. The van der Waals surface area contributed by atoms with Crippen molar-refractivity contribution < 1.29 is 4.74 Å². The first kappa shape index (κ1) is 7.88. The summed E-state index contributed by atoms with van der Waals surface area (Å²) in [6.07, 6.45) is 6.32. The predicted octanol–water partition coefficient (Wildman–Crippen LogP) is 2.72. The van der Waals surface area contributed by atoms with Gasteiger partial charge in [-0.2, -0.15) is 0 Å². The summed E-state index contributed by atoms with van der Waals surface area (Å²) in [6, 6.07) is 0. The molecule has 0 aromatic carbocycles. The fraction of sp³-hybridized carbons (Fsp3) is 1.00. The molecule has 2 bridgehead atoms. The molecule has 11 heavy (non-hydrogen) atoms. The first-order chi connectivity index (χ1) is 5.18. The molecular formula is C9H15ClO. The number of rotatable bonds is 0. The Kier molecular flexibility index (Phi) is 1.89. The molecule has 0 radical (unpaired) electrons. The van der Waals surface area contributed by atoms with Gasteiger partial charge in [0.15, 0.2) is 0 Å². The SMILES string of the molecule is CC12CCCC(CC(Cl)C1)O2. The molecule has 2 heteroatoms. The Balaban J connectivity index is 2.09. The van der Waals surface area contributed by atoms with E-state index in [-0.39, 0.29) is 5.60 Å². The maximum atomic E-state index is 6.13. The minimum atomic E-state index is 0.119. The standard InChI is InChI=1S/C9H15ClO/c1-9-4-2-3-8(11-9)5-7(10)6-9/h7-8H,2-6H2,1H3. The van der Waals surface area contributed by atoms with Crippen LogP contribution in [0.3, 0.4) is 0 Å². The smallest absolute Gasteiger partial charge is 0.0672 e. The second-order valence-corrected chi connectivity index (χ2v) is 4.74. The van der Waals surface area contributed by atoms with Crippen LogP contribution in [0.1, 0.15) is 39.0 Å². The average Bonchev–Trinajstić information content (AvgIpc) is 1.82. The molecule has 2 rings (SSSR count). The number of fused-ring (bicyclic) bond motifs is 2. The van der Waals surface area contributed by atoms with Crippen LogP contribution in [-0.2, 0) is 4.74 Å². The molecular weight excluding hydrogens is 160 g/mol. The lowest BCUT2D eigenvalue weighted by Gasteiger charge is -2.45. The number of ether oxygens (including phenoxy) is 1. The molecule has 2 aliphatic heterocycles. The van der Waals surface area contributed by atoms with E-state index in [0.29, 0.717) is 11.5 Å². The van der Waals surface area contributed by atoms with E-state index in [1.807, 2.05) is 0 Å². The van der Waals surface area contributed by atoms with Crippen molar-refractivity contribution in [2.45, 2.75) is 56.1 Å². The van der Waals surface area contributed by atoms with Gasteiger partial charge in [-0.05, 0) is 39.0 Å². The normalized spacial score (nSPS) is 50.7. The van der Waals surface area contributed by atoms with E-state index >= 15 is 0 Å². The lowest BCUT2D eigenvalue weighted by atomic mass is 9.83. The third-order valence-electron chi connectivity index (χ3n) is 2.85. The second-order valence-electron chi connectivity index (χ2n) is 4.12. The van der Waals surface area contributed by atoms with Crippen molar-refractivity contribution in [3.8, 4) is 0 Å². The molecule has 2 aliphatic rings. The molecule has 0 amide bonds. The molecule has 2 heterocycles. The monoisotopic (exact) mass is 174 g/mol. The first-order valence-electron chi connectivity index (χ1n) is 4.50. The molecule has 0 N–H and O–H groups in total. The highest BCUT2D eigenvalue weighted by atomic mass is 35.5. The maximum absolute atomic E-state index is 6.13. The molecule has 0 spiro atoms. The van der Waals surface area contributed by atoms with Crippen LogP contribution in [0.4, 0.5) is 0 Å². The van der Waals surface area contributed by atoms with E-state index in [1.54, 1.807) is 0 Å². The van der Waals surface area contributed by atoms with Crippen LogP contribution in [0, 0.1) is 0 Å². The van der Waals surface area contributed by atoms with Gasteiger partial charge >= 0.3 is 0 Å². The molecule has 3 unspecified atom stereocenters. The quantitative estimate of drug-likeness (QED) is 0.514. The largest absolute Gasteiger partial charge is 0.372 e. The molecule has 2 saturated heterocycles. The van der Waals surface area contributed by atoms with E-state index in [9.17, 15) is 0 Å². The van der Waals surface area contributed by atoms with E-state index in [1.165, 1.54) is 19.3 Å². The third kappa shape index (κ3) is 1.54. The molecule has 2 fully saturated rings. The van der Waals surface area contributed by atoms with Crippen LogP contribution in [0.2, 0.25) is 0 Å². The van der Waals surface area contributed by atoms with Crippen molar-refractivity contribution in [1.82, 2.24) is 0 Å². The number of alkyl halides is 1. The Morgan fingerprint density at radius 3 is 3.09 bits per heavy atom. The van der Waals surface area contributed by atoms with Crippen molar-refractivity contribution in [3.05, 3.63) is 0 Å². The summed E-state index contributed by atoms with van der Waals surface area (Å²) >= 11 is 6.13. The minimum Gasteiger partial charge on any atom is -0.372 e. The highest BCUT2D eigenvalue weighted by molar-refractivity contribution is 6.20. The molecule has 0 saturated carbocycles. The Bertz CT molecular complexity index is 156. The number of hydrogen-bond acceptors (Lipinski definition) is 1. The molecule has 0 aliphatic carbocycles. The summed E-state index contributed by atoms with van der Waals surface area (Å²) in [5.41, 5.74) is 0.119. The van der Waals surface area contributed by atoms with Gasteiger partial charge < -0.3 is 4.74 Å². The minimum absolute atomic E-state index is 0.119. The second kappa shape index (κ2) is 2.63. The highest BCUT2D eigenvalue weighted by Crippen LogP contribution is 2.40. The van der Waals surface area contributed by atoms with Gasteiger partial charge in [-0.15, -0.1) is 11.6 Å². The number of hydrogen-bond donors (Lipinski definition) is 0. The van der Waals surface area contributed by atoms with Crippen LogP contribution < -0.4 is 0 Å². The van der Waals surface area contributed by atoms with Gasteiger partial charge in [0.25, 0.3) is 0 Å². The summed E-state index contributed by atoms with van der Waals surface area (Å²) in [5, 5.41) is 0.360. The Labute approximate surface area is 73.1 Å². The van der Waals surface area contributed by atoms with Gasteiger partial charge in [-0.3, -0.25) is 0 Å². The highest BCUT2D eigenvalue weighted by Gasteiger charge is 2.39. The van der Waals surface area contributed by atoms with Gasteiger partial charge in [0.1, 0.15) is 0 Å². The van der Waals surface area contributed by atoms with E-state index < -0.39 is 0 Å². The zero-order valence-corrected chi connectivity index (χ0v) is 7.73. The van der Waals surface area contributed by atoms with Gasteiger partial charge in [0.2, 0.25) is 0 Å². The van der Waals surface area contributed by atoms with Crippen molar-refractivity contribution in [3.63, 3.8) is 0 Å². The van der Waals surface area contributed by atoms with Crippen molar-refractivity contribution in [2.75, 3.05) is 0 Å². The van der Waals surface area contributed by atoms with Crippen molar-refractivity contribution in [1.29, 1.82) is 0 Å². The van der Waals surface area contributed by atoms with Crippen LogP contribution in [-0.4, -0.2) is 17.1 Å². The molecule has 0 aromatic rings. The first-order valence-corrected chi connectivity index (χ1v) is 4.93. The Morgan fingerprint density at radius 2 is 2.36 bits per heavy atom. The van der Waals surface area contributed by atoms with Crippen molar-refractivity contribution in [2.24, 2.45) is 0 Å². The summed E-state index contributed by atoms with van der Waals surface area (Å²) in [7, 11) is 0. The zero-order valence-electron chi connectivity index (χ0n) is 6.98. The fourth-order valence-corrected chi connectivity index (χ4v) is 2.90. The van der Waals surface area contributed by atoms with Crippen molar-refractivity contribution >= 4 is 11.6 Å². The fourth-order valence-electron chi connectivity index (χ4n) is 2.38. The van der Waals surface area contributed by atoms with Gasteiger partial charge in [-0.1, -0.05) is 0 Å². The van der Waals surface area contributed by atoms with Gasteiger partial charge in [0, 0.05) is 5.38 Å². The van der Waals surface area contributed by atoms with E-state index in [2.05, 4.69) is 6.92 Å². The molecule has 64 valence electrons. The molecule has 1 nitrogen and oxygen atoms in total. The third-order valence-corrected chi connectivity index (χ3v) is 3.19. The van der Waals surface area contributed by atoms with Crippen LogP contribution in [0.15, 0.2) is 0 Å². The summed E-state index contributed by atoms with van der Waals surface area (Å²) in [4.78, 5) is 0. The zero-order chi connectivity index (χ0) is 7.90. The topological polar surface area (TPSA) is 9.23 Å². The van der Waals surface area contributed by atoms with Crippen LogP contribution >= 0.6 is 11.6 Å². The van der Waals surface area contributed by atoms with E-state index in [4.69, 9.17) is 16.3 Å². The summed E-state index contributed by atoms with van der Waals surface area (Å²) < 4.78 is 5.90. The van der Waals surface area contributed by atoms with Crippen LogP contribution in [0.25, 0.3) is 0 Å². The van der Waals surface area contributed by atoms with Gasteiger partial charge in [-0.25, -0.2) is 0 Å². The Morgan fingerprint density at radius 1 is 1.55 bits per heavy atom. The Hall–Kier alpha value is 0.250. The van der Waals surface area contributed by atoms with E-state index in [0.717, 1.165) is 12.8 Å².